The monoisotopic (exact) mass is 329 g/mol. The number of nitrogens with one attached hydrogen (secondary N) is 3. The number of piperidine rings is 1. The fraction of sp³-hybridized carbons (Fsp3) is 0.650. The third-order valence-electron chi connectivity index (χ3n) is 5.45. The van der Waals surface area contributed by atoms with E-state index in [1.807, 2.05) is 0 Å². The number of hydrogen-bond donors (Lipinski definition) is 3. The highest BCUT2D eigenvalue weighted by Gasteiger charge is 2.15. The molecular weight excluding hydrogens is 298 g/mol. The van der Waals surface area contributed by atoms with Crippen molar-refractivity contribution in [1.29, 1.82) is 0 Å². The first-order valence-corrected chi connectivity index (χ1v) is 9.62. The van der Waals surface area contributed by atoms with Gasteiger partial charge in [-0.25, -0.2) is 0 Å². The predicted octanol–water partition coefficient (Wildman–Crippen LogP) is 3.26. The molecule has 0 unspecified atom stereocenters. The Morgan fingerprint density at radius 2 is 1.71 bits per heavy atom. The van der Waals surface area contributed by atoms with E-state index >= 15 is 0 Å². The number of benzene rings is 1. The van der Waals surface area contributed by atoms with Gasteiger partial charge in [0.1, 0.15) is 0 Å². The molecule has 1 amide bonds. The highest BCUT2D eigenvalue weighted by atomic mass is 16.1. The minimum atomic E-state index is 0.0503. The molecule has 1 aromatic rings. The SMILES string of the molecule is O=C(CNCC1CCNCC1)Nc1ccc(C2CCCCC2)cc1. The Kier molecular flexibility index (Phi) is 6.67. The van der Waals surface area contributed by atoms with Crippen molar-refractivity contribution in [2.75, 3.05) is 31.5 Å². The summed E-state index contributed by atoms with van der Waals surface area (Å²) in [5, 5.41) is 9.66. The molecule has 24 heavy (non-hydrogen) atoms. The van der Waals surface area contributed by atoms with Crippen molar-refractivity contribution in [1.82, 2.24) is 10.6 Å². The summed E-state index contributed by atoms with van der Waals surface area (Å²) in [6.07, 6.45) is 9.12. The molecule has 0 spiro atoms. The molecule has 2 fully saturated rings. The van der Waals surface area contributed by atoms with Crippen molar-refractivity contribution in [2.45, 2.75) is 50.9 Å². The van der Waals surface area contributed by atoms with Crippen molar-refractivity contribution >= 4 is 11.6 Å². The van der Waals surface area contributed by atoms with Gasteiger partial charge in [-0.2, -0.15) is 0 Å². The molecule has 1 saturated carbocycles. The first-order valence-electron chi connectivity index (χ1n) is 9.62. The third kappa shape index (κ3) is 5.32. The van der Waals surface area contributed by atoms with Crippen LogP contribution in [0.15, 0.2) is 24.3 Å². The standard InChI is InChI=1S/C20H31N3O/c24-20(15-22-14-16-10-12-21-13-11-16)23-19-8-6-18(7-9-19)17-4-2-1-3-5-17/h6-9,16-17,21-22H,1-5,10-15H2,(H,23,24). The maximum Gasteiger partial charge on any atom is 0.238 e. The van der Waals surface area contributed by atoms with Crippen LogP contribution in [0.2, 0.25) is 0 Å². The molecule has 4 heteroatoms. The summed E-state index contributed by atoms with van der Waals surface area (Å²) in [5.74, 6) is 1.47. The smallest absolute Gasteiger partial charge is 0.238 e. The number of hydrogen-bond acceptors (Lipinski definition) is 3. The lowest BCUT2D eigenvalue weighted by atomic mass is 9.84. The van der Waals surface area contributed by atoms with Gasteiger partial charge in [0, 0.05) is 5.69 Å². The van der Waals surface area contributed by atoms with E-state index in [4.69, 9.17) is 0 Å². The summed E-state index contributed by atoms with van der Waals surface area (Å²) in [6, 6.07) is 8.48. The molecule has 3 N–H and O–H groups in total. The maximum absolute atomic E-state index is 12.1. The van der Waals surface area contributed by atoms with Gasteiger partial charge in [0.05, 0.1) is 6.54 Å². The Morgan fingerprint density at radius 3 is 2.42 bits per heavy atom. The zero-order valence-electron chi connectivity index (χ0n) is 14.7. The van der Waals surface area contributed by atoms with Gasteiger partial charge in [0.25, 0.3) is 0 Å². The highest BCUT2D eigenvalue weighted by molar-refractivity contribution is 5.92. The molecule has 1 saturated heterocycles. The number of carbonyl (C=O) groups excluding carboxylic acids is 1. The highest BCUT2D eigenvalue weighted by Crippen LogP contribution is 2.32. The van der Waals surface area contributed by atoms with E-state index in [-0.39, 0.29) is 5.91 Å². The molecule has 0 atom stereocenters. The Balaban J connectivity index is 1.39. The van der Waals surface area contributed by atoms with Crippen LogP contribution in [0, 0.1) is 5.92 Å². The fourth-order valence-corrected chi connectivity index (χ4v) is 3.96. The van der Waals surface area contributed by atoms with Crippen LogP contribution < -0.4 is 16.0 Å². The fourth-order valence-electron chi connectivity index (χ4n) is 3.96. The molecule has 1 heterocycles. The third-order valence-corrected chi connectivity index (χ3v) is 5.45. The zero-order valence-corrected chi connectivity index (χ0v) is 14.7. The summed E-state index contributed by atoms with van der Waals surface area (Å²) >= 11 is 0. The Labute approximate surface area is 145 Å². The van der Waals surface area contributed by atoms with Gasteiger partial charge in [0.15, 0.2) is 0 Å². The van der Waals surface area contributed by atoms with Crippen LogP contribution in [0.25, 0.3) is 0 Å². The molecule has 4 nitrogen and oxygen atoms in total. The largest absolute Gasteiger partial charge is 0.325 e. The van der Waals surface area contributed by atoms with Crippen LogP contribution in [0.1, 0.15) is 56.4 Å². The van der Waals surface area contributed by atoms with Crippen LogP contribution >= 0.6 is 0 Å². The maximum atomic E-state index is 12.1. The number of anilines is 1. The van der Waals surface area contributed by atoms with Crippen molar-refractivity contribution in [3.8, 4) is 0 Å². The second kappa shape index (κ2) is 9.19. The predicted molar refractivity (Wildman–Crippen MR) is 99.4 cm³/mol. The van der Waals surface area contributed by atoms with Gasteiger partial charge in [-0.05, 0) is 74.8 Å². The minimum absolute atomic E-state index is 0.0503. The lowest BCUT2D eigenvalue weighted by molar-refractivity contribution is -0.115. The van der Waals surface area contributed by atoms with E-state index in [2.05, 4.69) is 40.2 Å². The van der Waals surface area contributed by atoms with Gasteiger partial charge in [-0.1, -0.05) is 31.4 Å². The summed E-state index contributed by atoms with van der Waals surface area (Å²) in [4.78, 5) is 12.1. The first-order chi connectivity index (χ1) is 11.8. The van der Waals surface area contributed by atoms with E-state index in [0.29, 0.717) is 12.5 Å². The average molecular weight is 329 g/mol. The van der Waals surface area contributed by atoms with Crippen molar-refractivity contribution in [3.63, 3.8) is 0 Å². The van der Waals surface area contributed by atoms with Crippen LogP contribution in [-0.2, 0) is 4.79 Å². The normalized spacial score (nSPS) is 20.0. The van der Waals surface area contributed by atoms with Gasteiger partial charge in [-0.3, -0.25) is 4.79 Å². The summed E-state index contributed by atoms with van der Waals surface area (Å²) in [6.45, 7) is 3.54. The molecule has 0 bridgehead atoms. The van der Waals surface area contributed by atoms with E-state index in [0.717, 1.165) is 31.2 Å². The second-order valence-corrected chi connectivity index (χ2v) is 7.33. The topological polar surface area (TPSA) is 53.2 Å². The lowest BCUT2D eigenvalue weighted by Gasteiger charge is -2.23. The van der Waals surface area contributed by atoms with Crippen LogP contribution in [0.4, 0.5) is 5.69 Å². The molecular formula is C20H31N3O. The van der Waals surface area contributed by atoms with Gasteiger partial charge >= 0.3 is 0 Å². The lowest BCUT2D eigenvalue weighted by Crippen LogP contribution is -2.36. The van der Waals surface area contributed by atoms with Crippen molar-refractivity contribution in [2.24, 2.45) is 5.92 Å². The van der Waals surface area contributed by atoms with E-state index in [1.165, 1.54) is 50.5 Å². The van der Waals surface area contributed by atoms with Gasteiger partial charge in [0.2, 0.25) is 5.91 Å². The Morgan fingerprint density at radius 1 is 1.00 bits per heavy atom. The first kappa shape index (κ1) is 17.4. The minimum Gasteiger partial charge on any atom is -0.325 e. The number of carbonyl (C=O) groups is 1. The van der Waals surface area contributed by atoms with E-state index in [1.54, 1.807) is 0 Å². The van der Waals surface area contributed by atoms with Gasteiger partial charge in [-0.15, -0.1) is 0 Å². The molecule has 3 rings (SSSR count). The quantitative estimate of drug-likeness (QED) is 0.751. The Hall–Kier alpha value is -1.39. The van der Waals surface area contributed by atoms with Crippen LogP contribution in [0.5, 0.6) is 0 Å². The molecule has 1 aromatic carbocycles. The molecule has 2 aliphatic rings. The van der Waals surface area contributed by atoms with E-state index in [9.17, 15) is 4.79 Å². The molecule has 0 radical (unpaired) electrons. The zero-order chi connectivity index (χ0) is 16.6. The van der Waals surface area contributed by atoms with E-state index < -0.39 is 0 Å². The average Bonchev–Trinajstić information content (AvgIpc) is 2.64. The summed E-state index contributed by atoms with van der Waals surface area (Å²) in [7, 11) is 0. The molecule has 0 aromatic heterocycles. The summed E-state index contributed by atoms with van der Waals surface area (Å²) < 4.78 is 0. The van der Waals surface area contributed by atoms with Crippen LogP contribution in [-0.4, -0.2) is 32.1 Å². The molecule has 1 aliphatic carbocycles. The Bertz CT molecular complexity index is 502. The van der Waals surface area contributed by atoms with Crippen molar-refractivity contribution in [3.05, 3.63) is 29.8 Å². The summed E-state index contributed by atoms with van der Waals surface area (Å²) in [5.41, 5.74) is 2.33. The number of amides is 1. The van der Waals surface area contributed by atoms with Crippen molar-refractivity contribution < 1.29 is 4.79 Å². The van der Waals surface area contributed by atoms with Crippen LogP contribution in [0.3, 0.4) is 0 Å². The second-order valence-electron chi connectivity index (χ2n) is 7.33. The number of rotatable bonds is 6. The molecule has 1 aliphatic heterocycles. The van der Waals surface area contributed by atoms with Gasteiger partial charge < -0.3 is 16.0 Å². The molecule has 132 valence electrons.